The summed E-state index contributed by atoms with van der Waals surface area (Å²) in [7, 11) is 0. The molecule has 21 heavy (non-hydrogen) atoms. The van der Waals surface area contributed by atoms with E-state index in [0.29, 0.717) is 5.13 Å². The van der Waals surface area contributed by atoms with E-state index in [4.69, 9.17) is 10.7 Å². The Morgan fingerprint density at radius 1 is 0.952 bits per heavy atom. The van der Waals surface area contributed by atoms with Crippen LogP contribution in [0.3, 0.4) is 0 Å². The normalized spacial score (nSPS) is 10.8. The van der Waals surface area contributed by atoms with E-state index < -0.39 is 0 Å². The summed E-state index contributed by atoms with van der Waals surface area (Å²) in [5.41, 5.74) is 12.2. The van der Waals surface area contributed by atoms with E-state index in [1.54, 1.807) is 0 Å². The Balaban J connectivity index is 2.07. The number of rotatable bonds is 2. The lowest BCUT2D eigenvalue weighted by atomic mass is 10.0. The highest BCUT2D eigenvalue weighted by molar-refractivity contribution is 7.18. The average molecular weight is 296 g/mol. The second kappa shape index (κ2) is 5.26. The number of aromatic nitrogens is 3. The van der Waals surface area contributed by atoms with Crippen molar-refractivity contribution in [3.05, 3.63) is 47.2 Å². The van der Waals surface area contributed by atoms with Crippen LogP contribution >= 0.6 is 11.3 Å². The molecule has 0 aliphatic carbocycles. The highest BCUT2D eigenvalue weighted by atomic mass is 32.1. The van der Waals surface area contributed by atoms with Crippen molar-refractivity contribution >= 4 is 16.5 Å². The van der Waals surface area contributed by atoms with Gasteiger partial charge in [0.1, 0.15) is 0 Å². The van der Waals surface area contributed by atoms with Crippen molar-refractivity contribution in [1.82, 2.24) is 15.2 Å². The lowest BCUT2D eigenvalue weighted by molar-refractivity contribution is 1.09. The van der Waals surface area contributed by atoms with Gasteiger partial charge < -0.3 is 5.73 Å². The second-order valence-electron chi connectivity index (χ2n) is 5.09. The van der Waals surface area contributed by atoms with E-state index in [1.165, 1.54) is 28.0 Å². The van der Waals surface area contributed by atoms with Gasteiger partial charge in [0.25, 0.3) is 0 Å². The van der Waals surface area contributed by atoms with Gasteiger partial charge in [-0.15, -0.1) is 10.2 Å². The van der Waals surface area contributed by atoms with E-state index in [2.05, 4.69) is 42.2 Å². The average Bonchev–Trinajstić information content (AvgIpc) is 2.88. The molecule has 0 radical (unpaired) electrons. The minimum absolute atomic E-state index is 0.475. The molecule has 0 spiro atoms. The van der Waals surface area contributed by atoms with E-state index in [-0.39, 0.29) is 0 Å². The maximum absolute atomic E-state index is 5.65. The van der Waals surface area contributed by atoms with Gasteiger partial charge in [-0.05, 0) is 44.5 Å². The Labute approximate surface area is 127 Å². The minimum atomic E-state index is 0.475. The number of nitrogen functional groups attached to an aromatic ring is 1. The zero-order valence-electron chi connectivity index (χ0n) is 12.2. The van der Waals surface area contributed by atoms with Gasteiger partial charge in [0, 0.05) is 16.8 Å². The fraction of sp³-hybridized carbons (Fsp3) is 0.188. The zero-order valence-corrected chi connectivity index (χ0v) is 13.0. The van der Waals surface area contributed by atoms with Gasteiger partial charge in [-0.3, -0.25) is 4.98 Å². The molecule has 0 bridgehead atoms. The molecule has 1 aromatic carbocycles. The van der Waals surface area contributed by atoms with Crippen LogP contribution in [0.25, 0.3) is 21.8 Å². The number of benzene rings is 1. The molecule has 0 fully saturated rings. The van der Waals surface area contributed by atoms with Crippen molar-refractivity contribution < 1.29 is 0 Å². The van der Waals surface area contributed by atoms with Crippen molar-refractivity contribution in [2.45, 2.75) is 20.8 Å². The zero-order chi connectivity index (χ0) is 15.0. The van der Waals surface area contributed by atoms with Crippen LogP contribution < -0.4 is 5.73 Å². The Bertz CT molecular complexity index is 808. The maximum atomic E-state index is 5.65. The van der Waals surface area contributed by atoms with Crippen LogP contribution in [0.2, 0.25) is 0 Å². The fourth-order valence-corrected chi connectivity index (χ4v) is 2.98. The molecule has 0 saturated heterocycles. The van der Waals surface area contributed by atoms with Crippen LogP contribution in [0.5, 0.6) is 0 Å². The summed E-state index contributed by atoms with van der Waals surface area (Å²) in [5.74, 6) is 0. The number of hydrogen-bond donors (Lipinski definition) is 1. The first-order chi connectivity index (χ1) is 10.0. The molecule has 2 N–H and O–H groups in total. The predicted molar refractivity (Wildman–Crippen MR) is 87.2 cm³/mol. The number of nitrogens with two attached hydrogens (primary N) is 1. The van der Waals surface area contributed by atoms with Crippen LogP contribution in [0.1, 0.15) is 16.8 Å². The van der Waals surface area contributed by atoms with Crippen LogP contribution in [0.15, 0.2) is 30.3 Å². The molecular weight excluding hydrogens is 280 g/mol. The van der Waals surface area contributed by atoms with Gasteiger partial charge in [0.05, 0.1) is 5.69 Å². The molecule has 3 rings (SSSR count). The number of anilines is 1. The molecule has 0 saturated carbocycles. The van der Waals surface area contributed by atoms with E-state index in [1.807, 2.05) is 19.1 Å². The topological polar surface area (TPSA) is 64.7 Å². The quantitative estimate of drug-likeness (QED) is 0.781. The summed E-state index contributed by atoms with van der Waals surface area (Å²) < 4.78 is 0. The third kappa shape index (κ3) is 2.64. The van der Waals surface area contributed by atoms with Crippen LogP contribution in [-0.4, -0.2) is 15.2 Å². The van der Waals surface area contributed by atoms with E-state index >= 15 is 0 Å². The molecule has 5 heteroatoms. The minimum Gasteiger partial charge on any atom is -0.374 e. The maximum Gasteiger partial charge on any atom is 0.203 e. The summed E-state index contributed by atoms with van der Waals surface area (Å²) in [6.07, 6.45) is 0. The fourth-order valence-electron chi connectivity index (χ4n) is 2.29. The molecule has 0 unspecified atom stereocenters. The third-order valence-corrected chi connectivity index (χ3v) is 4.21. The first-order valence-electron chi connectivity index (χ1n) is 6.69. The van der Waals surface area contributed by atoms with Gasteiger partial charge in [0.15, 0.2) is 5.01 Å². The lowest BCUT2D eigenvalue weighted by Gasteiger charge is -2.09. The standard InChI is InChI=1S/C16H16N4S/c1-9-4-5-10(2)13(8-9)14-7-6-12(11(3)18-14)15-19-20-16(17)21-15/h4-8H,1-3H3,(H2,17,20). The highest BCUT2D eigenvalue weighted by Gasteiger charge is 2.11. The highest BCUT2D eigenvalue weighted by Crippen LogP contribution is 2.30. The van der Waals surface area contributed by atoms with Crippen LogP contribution in [-0.2, 0) is 0 Å². The lowest BCUT2D eigenvalue weighted by Crippen LogP contribution is -1.93. The van der Waals surface area contributed by atoms with E-state index in [0.717, 1.165) is 22.0 Å². The first-order valence-corrected chi connectivity index (χ1v) is 7.51. The number of pyridine rings is 1. The van der Waals surface area contributed by atoms with Gasteiger partial charge in [0.2, 0.25) is 5.13 Å². The molecule has 0 atom stereocenters. The largest absolute Gasteiger partial charge is 0.374 e. The van der Waals surface area contributed by atoms with E-state index in [9.17, 15) is 0 Å². The molecule has 0 aliphatic heterocycles. The van der Waals surface area contributed by atoms with Crippen molar-refractivity contribution in [3.63, 3.8) is 0 Å². The summed E-state index contributed by atoms with van der Waals surface area (Å²) in [6.45, 7) is 6.18. The Morgan fingerprint density at radius 3 is 2.43 bits per heavy atom. The van der Waals surface area contributed by atoms with Crippen molar-refractivity contribution in [3.8, 4) is 21.8 Å². The third-order valence-electron chi connectivity index (χ3n) is 3.43. The monoisotopic (exact) mass is 296 g/mol. The predicted octanol–water partition coefficient (Wildman–Crippen LogP) is 3.77. The Hall–Kier alpha value is -2.27. The van der Waals surface area contributed by atoms with Gasteiger partial charge in [-0.1, -0.05) is 29.0 Å². The molecule has 3 aromatic rings. The second-order valence-corrected chi connectivity index (χ2v) is 6.10. The summed E-state index contributed by atoms with van der Waals surface area (Å²) in [4.78, 5) is 4.73. The molecule has 0 amide bonds. The van der Waals surface area contributed by atoms with Gasteiger partial charge in [-0.25, -0.2) is 0 Å². The first kappa shape index (κ1) is 13.7. The summed E-state index contributed by atoms with van der Waals surface area (Å²) in [5, 5.41) is 9.23. The van der Waals surface area contributed by atoms with Crippen molar-refractivity contribution in [2.24, 2.45) is 0 Å². The molecule has 4 nitrogen and oxygen atoms in total. The summed E-state index contributed by atoms with van der Waals surface area (Å²) in [6, 6.07) is 10.5. The summed E-state index contributed by atoms with van der Waals surface area (Å²) >= 11 is 1.38. The van der Waals surface area contributed by atoms with Gasteiger partial charge >= 0.3 is 0 Å². The number of hydrogen-bond acceptors (Lipinski definition) is 5. The van der Waals surface area contributed by atoms with Crippen LogP contribution in [0, 0.1) is 20.8 Å². The molecule has 0 aliphatic rings. The Morgan fingerprint density at radius 2 is 1.76 bits per heavy atom. The molecule has 2 heterocycles. The SMILES string of the molecule is Cc1ccc(C)c(-c2ccc(-c3nnc(N)s3)c(C)n2)c1. The molecule has 106 valence electrons. The molecular formula is C16H16N4S. The van der Waals surface area contributed by atoms with Crippen molar-refractivity contribution in [1.29, 1.82) is 0 Å². The van der Waals surface area contributed by atoms with Gasteiger partial charge in [-0.2, -0.15) is 0 Å². The smallest absolute Gasteiger partial charge is 0.203 e. The Kier molecular flexibility index (Phi) is 3.43. The van der Waals surface area contributed by atoms with Crippen LogP contribution in [0.4, 0.5) is 5.13 Å². The van der Waals surface area contributed by atoms with Crippen molar-refractivity contribution in [2.75, 3.05) is 5.73 Å². The number of nitrogens with zero attached hydrogens (tertiary/aromatic N) is 3. The number of aryl methyl sites for hydroxylation is 3. The molecule has 2 aromatic heterocycles.